The largest absolute Gasteiger partial charge is 0.309 e. The molecule has 0 saturated heterocycles. The van der Waals surface area contributed by atoms with Gasteiger partial charge in [0.05, 0.1) is 24.0 Å². The van der Waals surface area contributed by atoms with E-state index >= 15 is 0 Å². The Kier molecular flexibility index (Phi) is 3.15. The molecule has 0 amide bonds. The van der Waals surface area contributed by atoms with Crippen molar-refractivity contribution in [3.05, 3.63) is 65.7 Å². The Bertz CT molecular complexity index is 734. The van der Waals surface area contributed by atoms with E-state index in [2.05, 4.69) is 15.4 Å². The molecule has 0 aliphatic carbocycles. The van der Waals surface area contributed by atoms with Gasteiger partial charge in [0, 0.05) is 24.0 Å². The quantitative estimate of drug-likeness (QED) is 0.797. The van der Waals surface area contributed by atoms with E-state index in [9.17, 15) is 8.78 Å². The number of nitrogens with zero attached hydrogens (tertiary/aromatic N) is 3. The Morgan fingerprint density at radius 2 is 1.90 bits per heavy atom. The molecule has 0 radical (unpaired) electrons. The second kappa shape index (κ2) is 4.97. The fourth-order valence-electron chi connectivity index (χ4n) is 2.32. The second-order valence-corrected chi connectivity index (χ2v) is 4.43. The van der Waals surface area contributed by atoms with Crippen molar-refractivity contribution in [2.75, 3.05) is 7.05 Å². The minimum absolute atomic E-state index is 0.359. The van der Waals surface area contributed by atoms with Gasteiger partial charge in [-0.05, 0) is 24.7 Å². The smallest absolute Gasteiger partial charge is 0.126 e. The third-order valence-corrected chi connectivity index (χ3v) is 3.17. The summed E-state index contributed by atoms with van der Waals surface area (Å²) in [5.41, 5.74) is 2.10. The average Bonchev–Trinajstić information content (AvgIpc) is 2.83. The number of aromatic nitrogens is 3. The molecule has 0 fully saturated rings. The van der Waals surface area contributed by atoms with Crippen LogP contribution in [0.3, 0.4) is 0 Å². The Morgan fingerprint density at radius 3 is 2.60 bits per heavy atom. The van der Waals surface area contributed by atoms with Crippen LogP contribution in [-0.2, 0) is 0 Å². The van der Waals surface area contributed by atoms with Gasteiger partial charge in [0.2, 0.25) is 0 Å². The van der Waals surface area contributed by atoms with Gasteiger partial charge in [0.25, 0.3) is 0 Å². The van der Waals surface area contributed by atoms with Crippen LogP contribution in [0.25, 0.3) is 5.52 Å². The lowest BCUT2D eigenvalue weighted by Crippen LogP contribution is -2.18. The molecule has 0 aliphatic rings. The fraction of sp³-hybridized carbons (Fsp3) is 0.143. The number of fused-ring (bicyclic) bond motifs is 1. The van der Waals surface area contributed by atoms with E-state index in [0.717, 1.165) is 17.1 Å². The standard InChI is InChI=1S/C14H12F2N4/c1-17-14(9-4-10(15)6-11(16)5-9)12-7-19-20-3-2-18-8-13(12)20/h2-8,14,17H,1H3. The van der Waals surface area contributed by atoms with Crippen LogP contribution in [-0.4, -0.2) is 21.6 Å². The summed E-state index contributed by atoms with van der Waals surface area (Å²) in [4.78, 5) is 4.05. The van der Waals surface area contributed by atoms with Crippen molar-refractivity contribution in [3.63, 3.8) is 0 Å². The monoisotopic (exact) mass is 274 g/mol. The van der Waals surface area contributed by atoms with E-state index in [1.807, 2.05) is 0 Å². The predicted molar refractivity (Wildman–Crippen MR) is 70.2 cm³/mol. The number of halogens is 2. The molecule has 102 valence electrons. The first-order valence-electron chi connectivity index (χ1n) is 6.09. The normalized spacial score (nSPS) is 12.8. The lowest BCUT2D eigenvalue weighted by atomic mass is 10.00. The van der Waals surface area contributed by atoms with E-state index in [4.69, 9.17) is 0 Å². The fourth-order valence-corrected chi connectivity index (χ4v) is 2.32. The van der Waals surface area contributed by atoms with Crippen molar-refractivity contribution >= 4 is 5.52 Å². The van der Waals surface area contributed by atoms with E-state index in [1.54, 1.807) is 36.4 Å². The third-order valence-electron chi connectivity index (χ3n) is 3.17. The molecule has 0 aliphatic heterocycles. The van der Waals surface area contributed by atoms with Gasteiger partial charge >= 0.3 is 0 Å². The molecule has 20 heavy (non-hydrogen) atoms. The van der Waals surface area contributed by atoms with E-state index in [1.165, 1.54) is 12.1 Å². The molecule has 6 heteroatoms. The summed E-state index contributed by atoms with van der Waals surface area (Å²) in [5.74, 6) is -1.20. The predicted octanol–water partition coefficient (Wildman–Crippen LogP) is 2.32. The molecule has 2 aromatic heterocycles. The van der Waals surface area contributed by atoms with Gasteiger partial charge in [-0.1, -0.05) is 0 Å². The van der Waals surface area contributed by atoms with Gasteiger partial charge in [-0.2, -0.15) is 5.10 Å². The molecule has 1 N–H and O–H groups in total. The van der Waals surface area contributed by atoms with Crippen molar-refractivity contribution in [3.8, 4) is 0 Å². The summed E-state index contributed by atoms with van der Waals surface area (Å²) in [6.45, 7) is 0. The molecule has 0 bridgehead atoms. The highest BCUT2D eigenvalue weighted by Crippen LogP contribution is 2.26. The lowest BCUT2D eigenvalue weighted by Gasteiger charge is -2.16. The molecular weight excluding hydrogens is 262 g/mol. The van der Waals surface area contributed by atoms with Crippen molar-refractivity contribution in [2.24, 2.45) is 0 Å². The molecule has 1 atom stereocenters. The highest BCUT2D eigenvalue weighted by Gasteiger charge is 2.18. The number of nitrogens with one attached hydrogen (secondary N) is 1. The maximum absolute atomic E-state index is 13.4. The maximum Gasteiger partial charge on any atom is 0.126 e. The van der Waals surface area contributed by atoms with Crippen molar-refractivity contribution in [1.29, 1.82) is 0 Å². The second-order valence-electron chi connectivity index (χ2n) is 4.43. The first kappa shape index (κ1) is 12.7. The lowest BCUT2D eigenvalue weighted by molar-refractivity contribution is 0.572. The molecule has 0 saturated carbocycles. The first-order chi connectivity index (χ1) is 9.69. The summed E-state index contributed by atoms with van der Waals surface area (Å²) in [6, 6.07) is 3.11. The van der Waals surface area contributed by atoms with Crippen LogP contribution in [0.2, 0.25) is 0 Å². The molecule has 1 unspecified atom stereocenters. The van der Waals surface area contributed by atoms with Gasteiger partial charge in [-0.15, -0.1) is 0 Å². The Hall–Kier alpha value is -2.34. The SMILES string of the molecule is CNC(c1cc(F)cc(F)c1)c1cnn2ccncc12. The Labute approximate surface area is 114 Å². The van der Waals surface area contributed by atoms with Crippen molar-refractivity contribution < 1.29 is 8.78 Å². The van der Waals surface area contributed by atoms with Crippen LogP contribution >= 0.6 is 0 Å². The molecule has 2 heterocycles. The Morgan fingerprint density at radius 1 is 1.15 bits per heavy atom. The van der Waals surface area contributed by atoms with Gasteiger partial charge in [0.1, 0.15) is 11.6 Å². The summed E-state index contributed by atoms with van der Waals surface area (Å²) in [5, 5.41) is 7.26. The van der Waals surface area contributed by atoms with Crippen LogP contribution < -0.4 is 5.32 Å². The average molecular weight is 274 g/mol. The van der Waals surface area contributed by atoms with Crippen LogP contribution in [0.4, 0.5) is 8.78 Å². The molecule has 3 aromatic rings. The highest BCUT2D eigenvalue weighted by atomic mass is 19.1. The van der Waals surface area contributed by atoms with Crippen molar-refractivity contribution in [1.82, 2.24) is 19.9 Å². The minimum atomic E-state index is -0.602. The van der Waals surface area contributed by atoms with Crippen LogP contribution in [0.5, 0.6) is 0 Å². The third kappa shape index (κ3) is 2.14. The van der Waals surface area contributed by atoms with E-state index < -0.39 is 11.6 Å². The summed E-state index contributed by atoms with van der Waals surface area (Å²) in [6.07, 6.45) is 6.68. The van der Waals surface area contributed by atoms with E-state index in [-0.39, 0.29) is 6.04 Å². The maximum atomic E-state index is 13.4. The zero-order valence-corrected chi connectivity index (χ0v) is 10.7. The first-order valence-corrected chi connectivity index (χ1v) is 6.09. The zero-order chi connectivity index (χ0) is 14.1. The van der Waals surface area contributed by atoms with Gasteiger partial charge in [-0.25, -0.2) is 13.3 Å². The number of hydrogen-bond acceptors (Lipinski definition) is 3. The molecular formula is C14H12F2N4. The molecule has 4 nitrogen and oxygen atoms in total. The highest BCUT2D eigenvalue weighted by molar-refractivity contribution is 5.55. The molecule has 1 aromatic carbocycles. The van der Waals surface area contributed by atoms with Crippen molar-refractivity contribution in [2.45, 2.75) is 6.04 Å². The topological polar surface area (TPSA) is 42.2 Å². The van der Waals surface area contributed by atoms with Crippen LogP contribution in [0.15, 0.2) is 43.0 Å². The molecule has 3 rings (SSSR count). The van der Waals surface area contributed by atoms with E-state index in [0.29, 0.717) is 5.56 Å². The van der Waals surface area contributed by atoms with Crippen LogP contribution in [0.1, 0.15) is 17.2 Å². The molecule has 0 spiro atoms. The van der Waals surface area contributed by atoms with Gasteiger partial charge in [0.15, 0.2) is 0 Å². The van der Waals surface area contributed by atoms with Gasteiger partial charge in [-0.3, -0.25) is 4.98 Å². The van der Waals surface area contributed by atoms with Crippen LogP contribution in [0, 0.1) is 11.6 Å². The number of rotatable bonds is 3. The minimum Gasteiger partial charge on any atom is -0.309 e. The summed E-state index contributed by atoms with van der Waals surface area (Å²) < 4.78 is 28.4. The summed E-state index contributed by atoms with van der Waals surface area (Å²) >= 11 is 0. The zero-order valence-electron chi connectivity index (χ0n) is 10.7. The summed E-state index contributed by atoms with van der Waals surface area (Å²) in [7, 11) is 1.73. The number of benzene rings is 1. The number of hydrogen-bond donors (Lipinski definition) is 1. The van der Waals surface area contributed by atoms with Gasteiger partial charge < -0.3 is 5.32 Å². The Balaban J connectivity index is 2.14.